The van der Waals surface area contributed by atoms with Crippen LogP contribution in [0.1, 0.15) is 38.2 Å². The molecule has 0 unspecified atom stereocenters. The van der Waals surface area contributed by atoms with Crippen LogP contribution in [0.25, 0.3) is 0 Å². The predicted molar refractivity (Wildman–Crippen MR) is 74.7 cm³/mol. The van der Waals surface area contributed by atoms with E-state index >= 15 is 0 Å². The summed E-state index contributed by atoms with van der Waals surface area (Å²) in [4.78, 5) is 11.9. The molecule has 3 nitrogen and oxygen atoms in total. The van der Waals surface area contributed by atoms with Crippen molar-refractivity contribution in [3.05, 3.63) is 29.8 Å². The van der Waals surface area contributed by atoms with Gasteiger partial charge in [0.15, 0.2) is 0 Å². The molecule has 0 spiro atoms. The zero-order valence-corrected chi connectivity index (χ0v) is 11.0. The number of hydrogen-bond donors (Lipinski definition) is 2. The molecule has 0 heterocycles. The van der Waals surface area contributed by atoms with Gasteiger partial charge in [-0.25, -0.2) is 0 Å². The Bertz CT molecular complexity index is 397. The number of nitrogens with one attached hydrogen (secondary N) is 2. The normalized spacial score (nSPS) is 15.8. The van der Waals surface area contributed by atoms with Crippen LogP contribution in [0.5, 0.6) is 0 Å². The minimum absolute atomic E-state index is 0.0581. The van der Waals surface area contributed by atoms with Crippen molar-refractivity contribution in [1.82, 2.24) is 5.32 Å². The molecule has 0 bridgehead atoms. The average molecular weight is 246 g/mol. The van der Waals surface area contributed by atoms with E-state index < -0.39 is 0 Å². The summed E-state index contributed by atoms with van der Waals surface area (Å²) in [6.07, 6.45) is 5.93. The summed E-state index contributed by atoms with van der Waals surface area (Å²) in [6, 6.07) is 8.52. The topological polar surface area (TPSA) is 41.1 Å². The van der Waals surface area contributed by atoms with Crippen LogP contribution in [0.3, 0.4) is 0 Å². The Kier molecular flexibility index (Phi) is 4.76. The zero-order chi connectivity index (χ0) is 12.8. The lowest BCUT2D eigenvalue weighted by molar-refractivity contribution is -0.115. The van der Waals surface area contributed by atoms with Gasteiger partial charge < -0.3 is 10.6 Å². The molecule has 0 saturated heterocycles. The molecule has 18 heavy (non-hydrogen) atoms. The summed E-state index contributed by atoms with van der Waals surface area (Å²) in [5, 5.41) is 6.31. The van der Waals surface area contributed by atoms with Gasteiger partial charge in [-0.15, -0.1) is 0 Å². The van der Waals surface area contributed by atoms with Crippen molar-refractivity contribution in [3.8, 4) is 0 Å². The highest BCUT2D eigenvalue weighted by atomic mass is 16.1. The van der Waals surface area contributed by atoms with Crippen molar-refractivity contribution in [1.29, 1.82) is 0 Å². The Morgan fingerprint density at radius 3 is 2.72 bits per heavy atom. The number of para-hydroxylation sites is 1. The summed E-state index contributed by atoms with van der Waals surface area (Å²) in [5.41, 5.74) is 2.13. The molecule has 0 aliphatic heterocycles. The van der Waals surface area contributed by atoms with Crippen molar-refractivity contribution < 1.29 is 4.79 Å². The van der Waals surface area contributed by atoms with E-state index in [9.17, 15) is 4.79 Å². The smallest absolute Gasteiger partial charge is 0.238 e. The van der Waals surface area contributed by atoms with Gasteiger partial charge in [-0.3, -0.25) is 4.79 Å². The second-order valence-corrected chi connectivity index (χ2v) is 4.92. The molecule has 2 N–H and O–H groups in total. The van der Waals surface area contributed by atoms with E-state index in [2.05, 4.69) is 23.6 Å². The van der Waals surface area contributed by atoms with E-state index in [4.69, 9.17) is 0 Å². The fraction of sp³-hybridized carbons (Fsp3) is 0.533. The fourth-order valence-corrected chi connectivity index (χ4v) is 2.51. The third kappa shape index (κ3) is 3.57. The molecule has 0 radical (unpaired) electrons. The van der Waals surface area contributed by atoms with Gasteiger partial charge in [0.05, 0.1) is 6.54 Å². The van der Waals surface area contributed by atoms with Gasteiger partial charge in [-0.2, -0.15) is 0 Å². The van der Waals surface area contributed by atoms with E-state index in [1.54, 1.807) is 0 Å². The van der Waals surface area contributed by atoms with Crippen LogP contribution in [-0.4, -0.2) is 18.5 Å². The van der Waals surface area contributed by atoms with Gasteiger partial charge in [0.2, 0.25) is 5.91 Å². The van der Waals surface area contributed by atoms with Gasteiger partial charge in [-0.05, 0) is 30.9 Å². The average Bonchev–Trinajstić information content (AvgIpc) is 2.90. The Morgan fingerprint density at radius 1 is 1.28 bits per heavy atom. The number of anilines is 1. The molecule has 1 aliphatic rings. The maximum absolute atomic E-state index is 11.9. The second kappa shape index (κ2) is 6.55. The van der Waals surface area contributed by atoms with Crippen LogP contribution in [-0.2, 0) is 11.2 Å². The standard InChI is InChI=1S/C15H22N2O/c1-2-12-7-3-6-10-14(12)17-15(18)11-16-13-8-4-5-9-13/h3,6-7,10,13,16H,2,4-5,8-9,11H2,1H3,(H,17,18). The molecule has 1 aliphatic carbocycles. The molecule has 1 fully saturated rings. The molecule has 1 aromatic rings. The summed E-state index contributed by atoms with van der Waals surface area (Å²) in [5.74, 6) is 0.0581. The van der Waals surface area contributed by atoms with Crippen LogP contribution in [0.15, 0.2) is 24.3 Å². The van der Waals surface area contributed by atoms with Crippen molar-refractivity contribution in [2.45, 2.75) is 45.1 Å². The number of carbonyl (C=O) groups is 1. The number of benzene rings is 1. The van der Waals surface area contributed by atoms with Crippen LogP contribution in [0.2, 0.25) is 0 Å². The van der Waals surface area contributed by atoms with E-state index in [0.29, 0.717) is 12.6 Å². The molecule has 1 amide bonds. The van der Waals surface area contributed by atoms with Crippen LogP contribution in [0, 0.1) is 0 Å². The first-order valence-electron chi connectivity index (χ1n) is 6.90. The van der Waals surface area contributed by atoms with Gasteiger partial charge in [0.25, 0.3) is 0 Å². The quantitative estimate of drug-likeness (QED) is 0.838. The Hall–Kier alpha value is -1.35. The number of carbonyl (C=O) groups excluding carboxylic acids is 1. The van der Waals surface area contributed by atoms with Crippen LogP contribution in [0.4, 0.5) is 5.69 Å². The highest BCUT2D eigenvalue weighted by molar-refractivity contribution is 5.93. The lowest BCUT2D eigenvalue weighted by Crippen LogP contribution is -2.34. The zero-order valence-electron chi connectivity index (χ0n) is 11.0. The first kappa shape index (κ1) is 13.1. The largest absolute Gasteiger partial charge is 0.325 e. The molecule has 0 aromatic heterocycles. The number of aryl methyl sites for hydroxylation is 1. The van der Waals surface area contributed by atoms with E-state index in [-0.39, 0.29) is 5.91 Å². The highest BCUT2D eigenvalue weighted by Crippen LogP contribution is 2.18. The molecule has 0 atom stereocenters. The SMILES string of the molecule is CCc1ccccc1NC(=O)CNC1CCCC1. The monoisotopic (exact) mass is 246 g/mol. The van der Waals surface area contributed by atoms with E-state index in [1.807, 2.05) is 18.2 Å². The molecule has 2 rings (SSSR count). The van der Waals surface area contributed by atoms with Crippen LogP contribution >= 0.6 is 0 Å². The van der Waals surface area contributed by atoms with Gasteiger partial charge in [-0.1, -0.05) is 38.0 Å². The fourth-order valence-electron chi connectivity index (χ4n) is 2.51. The maximum Gasteiger partial charge on any atom is 0.238 e. The van der Waals surface area contributed by atoms with Gasteiger partial charge >= 0.3 is 0 Å². The Balaban J connectivity index is 1.82. The van der Waals surface area contributed by atoms with Crippen molar-refractivity contribution >= 4 is 11.6 Å². The molecule has 1 aromatic carbocycles. The molecule has 3 heteroatoms. The minimum atomic E-state index is 0.0581. The predicted octanol–water partition coefficient (Wildman–Crippen LogP) is 2.72. The lowest BCUT2D eigenvalue weighted by Gasteiger charge is -2.13. The Labute approximate surface area is 109 Å². The number of rotatable bonds is 5. The van der Waals surface area contributed by atoms with E-state index in [1.165, 1.54) is 31.2 Å². The lowest BCUT2D eigenvalue weighted by atomic mass is 10.1. The minimum Gasteiger partial charge on any atom is -0.325 e. The summed E-state index contributed by atoms with van der Waals surface area (Å²) in [7, 11) is 0. The Morgan fingerprint density at radius 2 is 2.00 bits per heavy atom. The van der Waals surface area contributed by atoms with Gasteiger partial charge in [0, 0.05) is 11.7 Å². The van der Waals surface area contributed by atoms with Crippen molar-refractivity contribution in [3.63, 3.8) is 0 Å². The highest BCUT2D eigenvalue weighted by Gasteiger charge is 2.15. The number of amides is 1. The summed E-state index contributed by atoms with van der Waals surface area (Å²) >= 11 is 0. The second-order valence-electron chi connectivity index (χ2n) is 4.92. The molecular weight excluding hydrogens is 224 g/mol. The third-order valence-electron chi connectivity index (χ3n) is 3.58. The maximum atomic E-state index is 11.9. The third-order valence-corrected chi connectivity index (χ3v) is 3.58. The molecule has 98 valence electrons. The van der Waals surface area contributed by atoms with Crippen molar-refractivity contribution in [2.24, 2.45) is 0 Å². The van der Waals surface area contributed by atoms with Crippen LogP contribution < -0.4 is 10.6 Å². The summed E-state index contributed by atoms with van der Waals surface area (Å²) in [6.45, 7) is 2.52. The van der Waals surface area contributed by atoms with E-state index in [0.717, 1.165) is 12.1 Å². The molecular formula is C15H22N2O. The summed E-state index contributed by atoms with van der Waals surface area (Å²) < 4.78 is 0. The molecule has 1 saturated carbocycles. The first-order chi connectivity index (χ1) is 8.79. The first-order valence-corrected chi connectivity index (χ1v) is 6.90. The van der Waals surface area contributed by atoms with Gasteiger partial charge in [0.1, 0.15) is 0 Å². The van der Waals surface area contributed by atoms with Crippen molar-refractivity contribution in [2.75, 3.05) is 11.9 Å². The number of hydrogen-bond acceptors (Lipinski definition) is 2.